The highest BCUT2D eigenvalue weighted by Gasteiger charge is 2.29. The summed E-state index contributed by atoms with van der Waals surface area (Å²) in [6, 6.07) is 22.4. The van der Waals surface area contributed by atoms with Crippen molar-refractivity contribution in [3.63, 3.8) is 0 Å². The Bertz CT molecular complexity index is 1190. The lowest BCUT2D eigenvalue weighted by Crippen LogP contribution is -2.18. The summed E-state index contributed by atoms with van der Waals surface area (Å²) in [4.78, 5) is 0. The number of para-hydroxylation sites is 1. The minimum atomic E-state index is 0.0771. The molecule has 3 heterocycles. The van der Waals surface area contributed by atoms with Crippen molar-refractivity contribution >= 4 is 17.5 Å². The third kappa shape index (κ3) is 3.36. The highest BCUT2D eigenvalue weighted by molar-refractivity contribution is 6.01. The fraction of sp³-hybridized carbons (Fsp3) is 0.160. The van der Waals surface area contributed by atoms with Crippen LogP contribution in [-0.2, 0) is 0 Å². The van der Waals surface area contributed by atoms with E-state index in [1.54, 1.807) is 0 Å². The van der Waals surface area contributed by atoms with Gasteiger partial charge in [0.15, 0.2) is 23.0 Å². The van der Waals surface area contributed by atoms with Crippen LogP contribution < -0.4 is 24.0 Å². The average molecular weight is 412 g/mol. The Morgan fingerprint density at radius 1 is 0.742 bits per heavy atom. The Kier molecular flexibility index (Phi) is 4.27. The second-order valence-electron chi connectivity index (χ2n) is 7.55. The van der Waals surface area contributed by atoms with Crippen molar-refractivity contribution in [2.24, 2.45) is 5.10 Å². The molecule has 0 fully saturated rings. The molecule has 0 spiro atoms. The van der Waals surface area contributed by atoms with Crippen LogP contribution in [0.5, 0.6) is 23.0 Å². The van der Waals surface area contributed by atoms with Gasteiger partial charge in [-0.1, -0.05) is 36.4 Å². The van der Waals surface area contributed by atoms with E-state index in [1.165, 1.54) is 0 Å². The molecule has 154 valence electrons. The normalized spacial score (nSPS) is 18.6. The molecular weight excluding hydrogens is 392 g/mol. The van der Waals surface area contributed by atoms with Crippen LogP contribution in [0, 0.1) is 0 Å². The van der Waals surface area contributed by atoms with E-state index in [4.69, 9.17) is 24.0 Å². The summed E-state index contributed by atoms with van der Waals surface area (Å²) in [6.45, 7) is 0.546. The van der Waals surface area contributed by atoms with Gasteiger partial charge in [-0.25, -0.2) is 0 Å². The lowest BCUT2D eigenvalue weighted by molar-refractivity contribution is 0.173. The zero-order valence-electron chi connectivity index (χ0n) is 16.7. The van der Waals surface area contributed by atoms with Crippen LogP contribution in [0.1, 0.15) is 23.6 Å². The van der Waals surface area contributed by atoms with E-state index in [1.807, 2.05) is 42.5 Å². The summed E-state index contributed by atoms with van der Waals surface area (Å²) in [5, 5.41) is 7.01. The van der Waals surface area contributed by atoms with Gasteiger partial charge in [-0.05, 0) is 53.6 Å². The molecule has 31 heavy (non-hydrogen) atoms. The monoisotopic (exact) mass is 412 g/mol. The highest BCUT2D eigenvalue weighted by Crippen LogP contribution is 2.40. The minimum absolute atomic E-state index is 0.0771. The first-order valence-corrected chi connectivity index (χ1v) is 10.2. The van der Waals surface area contributed by atoms with Crippen LogP contribution in [0.2, 0.25) is 0 Å². The first-order chi connectivity index (χ1) is 15.3. The van der Waals surface area contributed by atoms with Crippen molar-refractivity contribution in [1.82, 2.24) is 0 Å². The van der Waals surface area contributed by atoms with Gasteiger partial charge in [-0.2, -0.15) is 5.10 Å². The number of hydrogen-bond acceptors (Lipinski definition) is 6. The molecule has 0 aromatic heterocycles. The van der Waals surface area contributed by atoms with E-state index in [-0.39, 0.29) is 19.6 Å². The van der Waals surface area contributed by atoms with Crippen molar-refractivity contribution < 1.29 is 18.9 Å². The molecule has 1 atom stereocenters. The smallest absolute Gasteiger partial charge is 0.231 e. The van der Waals surface area contributed by atoms with Crippen LogP contribution >= 0.6 is 0 Å². The number of hydrogen-bond donors (Lipinski definition) is 0. The second-order valence-corrected chi connectivity index (χ2v) is 7.55. The number of anilines is 1. The molecule has 3 aromatic carbocycles. The Labute approximate surface area is 179 Å². The maximum atomic E-state index is 5.59. The number of benzene rings is 3. The third-order valence-electron chi connectivity index (χ3n) is 5.60. The fourth-order valence-electron chi connectivity index (χ4n) is 4.04. The molecule has 0 amide bonds. The van der Waals surface area contributed by atoms with Gasteiger partial charge >= 0.3 is 0 Å². The van der Waals surface area contributed by atoms with Gasteiger partial charge in [0.2, 0.25) is 13.6 Å². The molecule has 0 radical (unpaired) electrons. The molecule has 6 rings (SSSR count). The fourth-order valence-corrected chi connectivity index (χ4v) is 4.04. The molecule has 0 N–H and O–H groups in total. The Hall–Kier alpha value is -3.93. The number of hydrazone groups is 1. The second kappa shape index (κ2) is 7.40. The minimum Gasteiger partial charge on any atom is -0.454 e. The zero-order valence-corrected chi connectivity index (χ0v) is 16.7. The van der Waals surface area contributed by atoms with Crippen LogP contribution in [-0.4, -0.2) is 19.3 Å². The van der Waals surface area contributed by atoms with Crippen molar-refractivity contribution in [1.29, 1.82) is 0 Å². The number of ether oxygens (including phenoxy) is 4. The maximum Gasteiger partial charge on any atom is 0.231 e. The van der Waals surface area contributed by atoms with Crippen molar-refractivity contribution in [2.75, 3.05) is 18.6 Å². The molecule has 0 saturated heterocycles. The Balaban J connectivity index is 1.30. The van der Waals surface area contributed by atoms with Gasteiger partial charge in [0.25, 0.3) is 0 Å². The summed E-state index contributed by atoms with van der Waals surface area (Å²) in [7, 11) is 0. The van der Waals surface area contributed by atoms with E-state index < -0.39 is 0 Å². The predicted octanol–water partition coefficient (Wildman–Crippen LogP) is 5.16. The standard InChI is InChI=1S/C25H20N2O4/c1-2-4-20(5-3-1)27-21(18-8-11-23-25(13-18)31-16-29-23)14-19(26-27)9-6-17-7-10-22-24(12-17)30-15-28-22/h1-13,21H,14-16H2/b9-6+/t21-/m0/s1. The van der Waals surface area contributed by atoms with Crippen molar-refractivity contribution in [2.45, 2.75) is 12.5 Å². The third-order valence-corrected chi connectivity index (χ3v) is 5.60. The quantitative estimate of drug-likeness (QED) is 0.592. The first kappa shape index (κ1) is 17.9. The van der Waals surface area contributed by atoms with Gasteiger partial charge in [0.1, 0.15) is 0 Å². The number of nitrogens with zero attached hydrogens (tertiary/aromatic N) is 2. The van der Waals surface area contributed by atoms with Crippen molar-refractivity contribution in [3.05, 3.63) is 83.9 Å². The van der Waals surface area contributed by atoms with Crippen LogP contribution in [0.15, 0.2) is 77.9 Å². The molecule has 0 saturated carbocycles. The van der Waals surface area contributed by atoms with E-state index >= 15 is 0 Å². The van der Waals surface area contributed by atoms with Gasteiger partial charge in [0.05, 0.1) is 17.4 Å². The van der Waals surface area contributed by atoms with E-state index in [9.17, 15) is 0 Å². The van der Waals surface area contributed by atoms with Gasteiger partial charge in [-0.15, -0.1) is 0 Å². The Morgan fingerprint density at radius 3 is 2.26 bits per heavy atom. The molecule has 3 aliphatic heterocycles. The van der Waals surface area contributed by atoms with Gasteiger partial charge in [0, 0.05) is 6.42 Å². The summed E-state index contributed by atoms with van der Waals surface area (Å²) in [5.41, 5.74) is 4.24. The molecule has 0 unspecified atom stereocenters. The van der Waals surface area contributed by atoms with Crippen LogP contribution in [0.25, 0.3) is 6.08 Å². The SMILES string of the molecule is C(=C\c1ccc2c(c1)OCO2)/C1=NN(c2ccccc2)[C@H](c2ccc3c(c2)OCO3)C1. The molecule has 0 aliphatic carbocycles. The predicted molar refractivity (Wildman–Crippen MR) is 118 cm³/mol. The summed E-state index contributed by atoms with van der Waals surface area (Å²) < 4.78 is 21.9. The first-order valence-electron chi connectivity index (χ1n) is 10.2. The lowest BCUT2D eigenvalue weighted by atomic mass is 10.00. The van der Waals surface area contributed by atoms with E-state index in [0.29, 0.717) is 0 Å². The Morgan fingerprint density at radius 2 is 1.45 bits per heavy atom. The van der Waals surface area contributed by atoms with Crippen LogP contribution in [0.3, 0.4) is 0 Å². The summed E-state index contributed by atoms with van der Waals surface area (Å²) >= 11 is 0. The van der Waals surface area contributed by atoms with E-state index in [0.717, 1.165) is 51.9 Å². The van der Waals surface area contributed by atoms with E-state index in [2.05, 4.69) is 41.4 Å². The average Bonchev–Trinajstić information content (AvgIpc) is 3.56. The molecule has 3 aromatic rings. The lowest BCUT2D eigenvalue weighted by Gasteiger charge is -2.24. The van der Waals surface area contributed by atoms with Crippen molar-refractivity contribution in [3.8, 4) is 23.0 Å². The summed E-state index contributed by atoms with van der Waals surface area (Å²) in [6.07, 6.45) is 4.92. The molecule has 3 aliphatic rings. The maximum absolute atomic E-state index is 5.59. The molecule has 6 heteroatoms. The number of fused-ring (bicyclic) bond motifs is 2. The summed E-state index contributed by atoms with van der Waals surface area (Å²) in [5.74, 6) is 3.14. The largest absolute Gasteiger partial charge is 0.454 e. The number of allylic oxidation sites excluding steroid dienone is 1. The topological polar surface area (TPSA) is 52.5 Å². The zero-order chi connectivity index (χ0) is 20.6. The van der Waals surface area contributed by atoms with Gasteiger partial charge < -0.3 is 18.9 Å². The van der Waals surface area contributed by atoms with Gasteiger partial charge in [-0.3, -0.25) is 5.01 Å². The molecular formula is C25H20N2O4. The van der Waals surface area contributed by atoms with Crippen LogP contribution in [0.4, 0.5) is 5.69 Å². The number of rotatable bonds is 4. The highest BCUT2D eigenvalue weighted by atomic mass is 16.7. The molecule has 6 nitrogen and oxygen atoms in total. The molecule has 0 bridgehead atoms.